The first-order valence-electron chi connectivity index (χ1n) is 5.67. The second-order valence-corrected chi connectivity index (χ2v) is 5.92. The number of carbonyl (C=O) groups excluding carboxylic acids is 1. The number of amides is 1. The molecule has 0 aromatic heterocycles. The van der Waals surface area contributed by atoms with Crippen LogP contribution in [0.2, 0.25) is 0 Å². The lowest BCUT2D eigenvalue weighted by Gasteiger charge is -2.26. The van der Waals surface area contributed by atoms with E-state index in [-0.39, 0.29) is 11.9 Å². The van der Waals surface area contributed by atoms with Gasteiger partial charge < -0.3 is 11.1 Å². The summed E-state index contributed by atoms with van der Waals surface area (Å²) in [5.41, 5.74) is 7.12. The van der Waals surface area contributed by atoms with E-state index in [0.29, 0.717) is 5.75 Å². The van der Waals surface area contributed by atoms with Crippen molar-refractivity contribution in [2.45, 2.75) is 24.8 Å². The van der Waals surface area contributed by atoms with Crippen molar-refractivity contribution >= 4 is 23.4 Å². The van der Waals surface area contributed by atoms with E-state index in [9.17, 15) is 4.79 Å². The normalized spacial score (nSPS) is 16.4. The topological polar surface area (TPSA) is 78.9 Å². The van der Waals surface area contributed by atoms with Gasteiger partial charge in [0, 0.05) is 10.9 Å². The molecule has 1 unspecified atom stereocenters. The van der Waals surface area contributed by atoms with Crippen molar-refractivity contribution < 1.29 is 4.79 Å². The van der Waals surface area contributed by atoms with Gasteiger partial charge in [0.2, 0.25) is 5.91 Å². The van der Waals surface area contributed by atoms with Gasteiger partial charge in [0.25, 0.3) is 0 Å². The molecule has 0 aliphatic carbocycles. The first-order chi connectivity index (χ1) is 8.44. The zero-order chi connectivity index (χ0) is 13.3. The van der Waals surface area contributed by atoms with Crippen LogP contribution in [0.1, 0.15) is 25.5 Å². The van der Waals surface area contributed by atoms with E-state index in [0.717, 1.165) is 16.1 Å². The molecule has 4 nitrogen and oxygen atoms in total. The summed E-state index contributed by atoms with van der Waals surface area (Å²) in [5.74, 6) is 0.444. The highest BCUT2D eigenvalue weighted by Crippen LogP contribution is 2.36. The number of nitrogens with one attached hydrogen (secondary N) is 1. The minimum absolute atomic E-state index is 0.00207. The van der Waals surface area contributed by atoms with Crippen molar-refractivity contribution in [1.82, 2.24) is 0 Å². The van der Waals surface area contributed by atoms with E-state index >= 15 is 0 Å². The number of hydrogen-bond acceptors (Lipinski definition) is 4. The average molecular weight is 261 g/mol. The molecule has 2 rings (SSSR count). The smallest absolute Gasteiger partial charge is 0.234 e. The summed E-state index contributed by atoms with van der Waals surface area (Å²) in [6.07, 6.45) is 0. The third kappa shape index (κ3) is 2.35. The zero-order valence-electron chi connectivity index (χ0n) is 10.4. The number of benzene rings is 1. The Labute approximate surface area is 111 Å². The van der Waals surface area contributed by atoms with Crippen LogP contribution in [0, 0.1) is 16.7 Å². The SMILES string of the molecule is CC(C)(C#N)C(N)c1ccc2c(c1)NC(=O)CS2. The first-order valence-corrected chi connectivity index (χ1v) is 6.66. The van der Waals surface area contributed by atoms with E-state index in [1.807, 2.05) is 32.0 Å². The molecule has 5 heteroatoms. The molecule has 94 valence electrons. The van der Waals surface area contributed by atoms with Crippen LogP contribution in [0.5, 0.6) is 0 Å². The highest BCUT2D eigenvalue weighted by molar-refractivity contribution is 8.00. The zero-order valence-corrected chi connectivity index (χ0v) is 11.2. The molecule has 0 spiro atoms. The van der Waals surface area contributed by atoms with Crippen LogP contribution < -0.4 is 11.1 Å². The van der Waals surface area contributed by atoms with Gasteiger partial charge in [-0.15, -0.1) is 11.8 Å². The largest absolute Gasteiger partial charge is 0.324 e. The fraction of sp³-hybridized carbons (Fsp3) is 0.385. The summed E-state index contributed by atoms with van der Waals surface area (Å²) in [5, 5.41) is 11.9. The van der Waals surface area contributed by atoms with Crippen molar-refractivity contribution in [3.8, 4) is 6.07 Å². The predicted octanol–water partition coefficient (Wildman–Crippen LogP) is 2.28. The number of thioether (sulfide) groups is 1. The summed E-state index contributed by atoms with van der Waals surface area (Å²) in [6, 6.07) is 7.57. The minimum Gasteiger partial charge on any atom is -0.324 e. The van der Waals surface area contributed by atoms with Crippen LogP contribution in [0.25, 0.3) is 0 Å². The summed E-state index contributed by atoms with van der Waals surface area (Å²) in [7, 11) is 0. The number of nitrogens with zero attached hydrogens (tertiary/aromatic N) is 1. The minimum atomic E-state index is -0.639. The van der Waals surface area contributed by atoms with Crippen LogP contribution in [0.3, 0.4) is 0 Å². The van der Waals surface area contributed by atoms with Crippen molar-refractivity contribution in [3.63, 3.8) is 0 Å². The third-order valence-corrected chi connectivity index (χ3v) is 4.13. The third-order valence-electron chi connectivity index (χ3n) is 3.06. The second kappa shape index (κ2) is 4.63. The molecule has 1 heterocycles. The number of anilines is 1. The van der Waals surface area contributed by atoms with Gasteiger partial charge in [0.15, 0.2) is 0 Å². The summed E-state index contributed by atoms with van der Waals surface area (Å²) in [6.45, 7) is 3.62. The van der Waals surface area contributed by atoms with E-state index in [2.05, 4.69) is 11.4 Å². The fourth-order valence-corrected chi connectivity index (χ4v) is 2.57. The fourth-order valence-electron chi connectivity index (χ4n) is 1.78. The molecule has 18 heavy (non-hydrogen) atoms. The average Bonchev–Trinajstić information content (AvgIpc) is 2.36. The maximum atomic E-state index is 11.3. The van der Waals surface area contributed by atoms with Crippen molar-refractivity contribution in [1.29, 1.82) is 5.26 Å². The molecule has 1 aliphatic heterocycles. The Morgan fingerprint density at radius 1 is 1.56 bits per heavy atom. The highest BCUT2D eigenvalue weighted by atomic mass is 32.2. The van der Waals surface area contributed by atoms with Gasteiger partial charge in [-0.05, 0) is 31.5 Å². The van der Waals surface area contributed by atoms with Crippen LogP contribution in [-0.4, -0.2) is 11.7 Å². The van der Waals surface area contributed by atoms with E-state index in [4.69, 9.17) is 11.0 Å². The number of nitrogens with two attached hydrogens (primary N) is 1. The summed E-state index contributed by atoms with van der Waals surface area (Å²) >= 11 is 1.51. The Morgan fingerprint density at radius 3 is 2.94 bits per heavy atom. The second-order valence-electron chi connectivity index (χ2n) is 4.90. The molecule has 0 bridgehead atoms. The van der Waals surface area contributed by atoms with Gasteiger partial charge in [0.05, 0.1) is 22.9 Å². The number of nitriles is 1. The highest BCUT2D eigenvalue weighted by Gasteiger charge is 2.28. The molecule has 1 aliphatic rings. The number of rotatable bonds is 2. The lowest BCUT2D eigenvalue weighted by atomic mass is 9.82. The lowest BCUT2D eigenvalue weighted by Crippen LogP contribution is -2.28. The van der Waals surface area contributed by atoms with Gasteiger partial charge in [-0.1, -0.05) is 6.07 Å². The van der Waals surface area contributed by atoms with E-state index in [1.54, 1.807) is 0 Å². The quantitative estimate of drug-likeness (QED) is 0.856. The predicted molar refractivity (Wildman–Crippen MR) is 72.1 cm³/mol. The Morgan fingerprint density at radius 2 is 2.28 bits per heavy atom. The molecule has 0 saturated carbocycles. The maximum Gasteiger partial charge on any atom is 0.234 e. The van der Waals surface area contributed by atoms with E-state index < -0.39 is 5.41 Å². The van der Waals surface area contributed by atoms with Crippen molar-refractivity contribution in [3.05, 3.63) is 23.8 Å². The molecular formula is C13H15N3OS. The molecule has 1 aromatic rings. The maximum absolute atomic E-state index is 11.3. The van der Waals surface area contributed by atoms with Crippen LogP contribution in [0.4, 0.5) is 5.69 Å². The number of fused-ring (bicyclic) bond motifs is 1. The van der Waals surface area contributed by atoms with Gasteiger partial charge in [0.1, 0.15) is 0 Å². The summed E-state index contributed by atoms with van der Waals surface area (Å²) < 4.78 is 0. The molecule has 1 atom stereocenters. The van der Waals surface area contributed by atoms with Crippen LogP contribution in [-0.2, 0) is 4.79 Å². The Balaban J connectivity index is 2.35. The molecule has 0 fully saturated rings. The van der Waals surface area contributed by atoms with Crippen LogP contribution >= 0.6 is 11.8 Å². The monoisotopic (exact) mass is 261 g/mol. The molecular weight excluding hydrogens is 246 g/mol. The van der Waals surface area contributed by atoms with Gasteiger partial charge in [-0.25, -0.2) is 0 Å². The van der Waals surface area contributed by atoms with Crippen molar-refractivity contribution in [2.75, 3.05) is 11.1 Å². The Hall–Kier alpha value is -1.51. The number of hydrogen-bond donors (Lipinski definition) is 2. The van der Waals surface area contributed by atoms with Crippen molar-refractivity contribution in [2.24, 2.45) is 11.1 Å². The van der Waals surface area contributed by atoms with Gasteiger partial charge >= 0.3 is 0 Å². The van der Waals surface area contributed by atoms with Crippen LogP contribution in [0.15, 0.2) is 23.1 Å². The molecule has 1 aromatic carbocycles. The first kappa shape index (κ1) is 12.9. The van der Waals surface area contributed by atoms with Gasteiger partial charge in [-0.3, -0.25) is 4.79 Å². The molecule has 1 amide bonds. The number of carbonyl (C=O) groups is 1. The molecule has 3 N–H and O–H groups in total. The van der Waals surface area contributed by atoms with E-state index in [1.165, 1.54) is 11.8 Å². The standard InChI is InChI=1S/C13H15N3OS/c1-13(2,7-14)12(15)8-3-4-10-9(5-8)16-11(17)6-18-10/h3-5,12H,6,15H2,1-2H3,(H,16,17). The molecule has 0 saturated heterocycles. The summed E-state index contributed by atoms with van der Waals surface area (Å²) in [4.78, 5) is 12.4. The molecule has 0 radical (unpaired) electrons. The Bertz CT molecular complexity index is 534. The Kier molecular flexibility index (Phi) is 3.33. The lowest BCUT2D eigenvalue weighted by molar-refractivity contribution is -0.113. The van der Waals surface area contributed by atoms with Gasteiger partial charge in [-0.2, -0.15) is 5.26 Å².